The molecule has 5 nitrogen and oxygen atoms in total. The fourth-order valence-electron chi connectivity index (χ4n) is 4.55. The Kier molecular flexibility index (Phi) is 6.25. The van der Waals surface area contributed by atoms with E-state index in [4.69, 9.17) is 0 Å². The topological polar surface area (TPSA) is 66.5 Å². The summed E-state index contributed by atoms with van der Waals surface area (Å²) in [6.45, 7) is 2.70. The van der Waals surface area contributed by atoms with E-state index in [-0.39, 0.29) is 29.3 Å². The molecule has 1 aliphatic heterocycles. The molecule has 0 unspecified atom stereocenters. The molecule has 6 heteroatoms. The Bertz CT molecular complexity index is 1000. The van der Waals surface area contributed by atoms with Crippen LogP contribution in [0.25, 0.3) is 0 Å². The van der Waals surface area contributed by atoms with Crippen LogP contribution < -0.4 is 5.32 Å². The first-order valence-corrected chi connectivity index (χ1v) is 12.4. The van der Waals surface area contributed by atoms with Crippen LogP contribution in [0.15, 0.2) is 53.4 Å². The SMILES string of the molecule is C[C@@H](NC(=O)[C@@H]1CCCN(S(=O)(=O)c2ccccc2)C1)c1ccc2c(c1)CCCC2. The van der Waals surface area contributed by atoms with Gasteiger partial charge in [0.15, 0.2) is 0 Å². The molecule has 0 bridgehead atoms. The molecule has 0 aromatic heterocycles. The Hall–Kier alpha value is -2.18. The first-order valence-electron chi connectivity index (χ1n) is 10.9. The van der Waals surface area contributed by atoms with Crippen molar-refractivity contribution in [3.8, 4) is 0 Å². The Morgan fingerprint density at radius 2 is 1.77 bits per heavy atom. The van der Waals surface area contributed by atoms with E-state index in [2.05, 4.69) is 23.5 Å². The summed E-state index contributed by atoms with van der Waals surface area (Å²) in [6, 6.07) is 14.9. The number of carbonyl (C=O) groups is 1. The van der Waals surface area contributed by atoms with Crippen molar-refractivity contribution in [3.63, 3.8) is 0 Å². The predicted molar refractivity (Wildman–Crippen MR) is 118 cm³/mol. The number of rotatable bonds is 5. The highest BCUT2D eigenvalue weighted by Crippen LogP contribution is 2.27. The Balaban J connectivity index is 1.42. The molecular formula is C24H30N2O3S. The number of aryl methyl sites for hydroxylation is 2. The lowest BCUT2D eigenvalue weighted by molar-refractivity contribution is -0.126. The van der Waals surface area contributed by atoms with Gasteiger partial charge in [0.2, 0.25) is 15.9 Å². The van der Waals surface area contributed by atoms with Crippen molar-refractivity contribution in [3.05, 3.63) is 65.2 Å². The molecular weight excluding hydrogens is 396 g/mol. The number of hydrogen-bond acceptors (Lipinski definition) is 3. The second kappa shape index (κ2) is 8.90. The quantitative estimate of drug-likeness (QED) is 0.790. The van der Waals surface area contributed by atoms with E-state index in [9.17, 15) is 13.2 Å². The van der Waals surface area contributed by atoms with Crippen LogP contribution in [0.1, 0.15) is 55.3 Å². The molecule has 1 heterocycles. The third kappa shape index (κ3) is 4.44. The monoisotopic (exact) mass is 426 g/mol. The van der Waals surface area contributed by atoms with Gasteiger partial charge in [0.05, 0.1) is 16.9 Å². The van der Waals surface area contributed by atoms with Crippen molar-refractivity contribution >= 4 is 15.9 Å². The number of nitrogens with zero attached hydrogens (tertiary/aromatic N) is 1. The first kappa shape index (κ1) is 21.1. The summed E-state index contributed by atoms with van der Waals surface area (Å²) in [7, 11) is -3.57. The molecule has 1 aliphatic carbocycles. The highest BCUT2D eigenvalue weighted by molar-refractivity contribution is 7.89. The van der Waals surface area contributed by atoms with Gasteiger partial charge in [-0.25, -0.2) is 8.42 Å². The van der Waals surface area contributed by atoms with Gasteiger partial charge >= 0.3 is 0 Å². The summed E-state index contributed by atoms with van der Waals surface area (Å²) in [5.41, 5.74) is 3.95. The fraction of sp³-hybridized carbons (Fsp3) is 0.458. The van der Waals surface area contributed by atoms with E-state index in [1.807, 2.05) is 6.92 Å². The summed E-state index contributed by atoms with van der Waals surface area (Å²) < 4.78 is 27.3. The molecule has 1 fully saturated rings. The summed E-state index contributed by atoms with van der Waals surface area (Å²) in [5, 5.41) is 3.12. The molecule has 1 saturated heterocycles. The lowest BCUT2D eigenvalue weighted by Gasteiger charge is -2.32. The molecule has 2 aliphatic rings. The number of hydrogen-bond donors (Lipinski definition) is 1. The molecule has 1 amide bonds. The Labute approximate surface area is 179 Å². The highest BCUT2D eigenvalue weighted by Gasteiger charge is 2.33. The van der Waals surface area contributed by atoms with E-state index in [1.165, 1.54) is 28.3 Å². The molecule has 30 heavy (non-hydrogen) atoms. The van der Waals surface area contributed by atoms with Gasteiger partial charge < -0.3 is 5.32 Å². The number of sulfonamides is 1. The van der Waals surface area contributed by atoms with E-state index < -0.39 is 10.0 Å². The van der Waals surface area contributed by atoms with Crippen LogP contribution in [0, 0.1) is 5.92 Å². The Morgan fingerprint density at radius 3 is 2.53 bits per heavy atom. The van der Waals surface area contributed by atoms with Crippen LogP contribution in [0.2, 0.25) is 0 Å². The fourth-order valence-corrected chi connectivity index (χ4v) is 6.10. The number of fused-ring (bicyclic) bond motifs is 1. The molecule has 0 spiro atoms. The molecule has 2 aromatic rings. The maximum atomic E-state index is 12.9. The molecule has 160 valence electrons. The molecule has 1 N–H and O–H groups in total. The van der Waals surface area contributed by atoms with Crippen LogP contribution in [0.3, 0.4) is 0 Å². The van der Waals surface area contributed by atoms with Crippen LogP contribution in [0.4, 0.5) is 0 Å². The van der Waals surface area contributed by atoms with Gasteiger partial charge in [-0.1, -0.05) is 36.4 Å². The van der Waals surface area contributed by atoms with E-state index in [0.29, 0.717) is 19.4 Å². The molecule has 2 aromatic carbocycles. The summed E-state index contributed by atoms with van der Waals surface area (Å²) >= 11 is 0. The van der Waals surface area contributed by atoms with Crippen molar-refractivity contribution in [1.82, 2.24) is 9.62 Å². The standard InChI is InChI=1S/C24H30N2O3S/c1-18(20-14-13-19-8-5-6-9-21(19)16-20)25-24(27)22-10-7-15-26(17-22)30(28,29)23-11-3-2-4-12-23/h2-4,11-14,16,18,22H,5-10,15,17H2,1H3,(H,25,27)/t18-,22-/m1/s1. The van der Waals surface area contributed by atoms with Crippen molar-refractivity contribution < 1.29 is 13.2 Å². The lowest BCUT2D eigenvalue weighted by atomic mass is 9.89. The van der Waals surface area contributed by atoms with E-state index in [0.717, 1.165) is 18.4 Å². The van der Waals surface area contributed by atoms with Crippen LogP contribution in [-0.4, -0.2) is 31.7 Å². The van der Waals surface area contributed by atoms with Gasteiger partial charge in [-0.2, -0.15) is 4.31 Å². The van der Waals surface area contributed by atoms with Gasteiger partial charge in [0, 0.05) is 13.1 Å². The average molecular weight is 427 g/mol. The first-order chi connectivity index (χ1) is 14.4. The van der Waals surface area contributed by atoms with E-state index in [1.54, 1.807) is 30.3 Å². The number of nitrogens with one attached hydrogen (secondary N) is 1. The zero-order valence-corrected chi connectivity index (χ0v) is 18.3. The molecule has 0 saturated carbocycles. The average Bonchev–Trinajstić information content (AvgIpc) is 2.79. The summed E-state index contributed by atoms with van der Waals surface area (Å²) in [5.74, 6) is -0.384. The minimum absolute atomic E-state index is 0.0619. The zero-order chi connectivity index (χ0) is 21.1. The van der Waals surface area contributed by atoms with Gasteiger partial charge in [0.25, 0.3) is 0 Å². The lowest BCUT2D eigenvalue weighted by Crippen LogP contribution is -2.45. The third-order valence-electron chi connectivity index (χ3n) is 6.37. The van der Waals surface area contributed by atoms with Crippen molar-refractivity contribution in [2.45, 2.75) is 56.4 Å². The predicted octanol–water partition coefficient (Wildman–Crippen LogP) is 3.84. The maximum absolute atomic E-state index is 12.9. The van der Waals surface area contributed by atoms with Gasteiger partial charge in [-0.15, -0.1) is 0 Å². The van der Waals surface area contributed by atoms with Crippen LogP contribution >= 0.6 is 0 Å². The summed E-state index contributed by atoms with van der Waals surface area (Å²) in [4.78, 5) is 13.2. The minimum atomic E-state index is -3.57. The minimum Gasteiger partial charge on any atom is -0.349 e. The summed E-state index contributed by atoms with van der Waals surface area (Å²) in [6.07, 6.45) is 6.14. The maximum Gasteiger partial charge on any atom is 0.243 e. The van der Waals surface area contributed by atoms with Gasteiger partial charge in [0.1, 0.15) is 0 Å². The smallest absolute Gasteiger partial charge is 0.243 e. The second-order valence-corrected chi connectivity index (χ2v) is 10.4. The molecule has 4 rings (SSSR count). The van der Waals surface area contributed by atoms with E-state index >= 15 is 0 Å². The number of benzene rings is 2. The largest absolute Gasteiger partial charge is 0.349 e. The van der Waals surface area contributed by atoms with Gasteiger partial charge in [-0.05, 0) is 74.3 Å². The second-order valence-electron chi connectivity index (χ2n) is 8.48. The highest BCUT2D eigenvalue weighted by atomic mass is 32.2. The van der Waals surface area contributed by atoms with Gasteiger partial charge in [-0.3, -0.25) is 4.79 Å². The zero-order valence-electron chi connectivity index (χ0n) is 17.5. The molecule has 0 radical (unpaired) electrons. The third-order valence-corrected chi connectivity index (χ3v) is 8.25. The van der Waals surface area contributed by atoms with Crippen molar-refractivity contribution in [2.24, 2.45) is 5.92 Å². The molecule has 2 atom stereocenters. The Morgan fingerprint density at radius 1 is 1.03 bits per heavy atom. The number of carbonyl (C=O) groups excluding carboxylic acids is 1. The van der Waals surface area contributed by atoms with Crippen molar-refractivity contribution in [1.29, 1.82) is 0 Å². The number of amides is 1. The van der Waals surface area contributed by atoms with Crippen LogP contribution in [0.5, 0.6) is 0 Å². The normalized spacial score (nSPS) is 20.9. The number of piperidine rings is 1. The van der Waals surface area contributed by atoms with Crippen molar-refractivity contribution in [2.75, 3.05) is 13.1 Å². The van der Waals surface area contributed by atoms with Crippen LogP contribution in [-0.2, 0) is 27.7 Å².